The zero-order valence-electron chi connectivity index (χ0n) is 17.7. The first-order valence-corrected chi connectivity index (χ1v) is 12.6. The molecule has 2 heterocycles. The Morgan fingerprint density at radius 3 is 2.60 bits per heavy atom. The summed E-state index contributed by atoms with van der Waals surface area (Å²) < 4.78 is 45.6. The first kappa shape index (κ1) is 23.2. The number of hydrogen-bond acceptors (Lipinski definition) is 4. The minimum absolute atomic E-state index is 0.0390. The largest absolute Gasteiger partial charge is 0.381 e. The standard InChI is InChI=1S/C22H33FN2O4S/c1-2-3-15-30(27,28)25-11-7-18(8-12-25)21(26)24-17-22(9-13-29-14-10-22)19-5-4-6-20(23)16-19/h4-6,16,18H,2-3,7-15,17H2,1H3,(H,24,26). The summed E-state index contributed by atoms with van der Waals surface area (Å²) in [6.07, 6.45) is 4.03. The molecule has 0 bridgehead atoms. The van der Waals surface area contributed by atoms with Gasteiger partial charge in [-0.25, -0.2) is 17.1 Å². The summed E-state index contributed by atoms with van der Waals surface area (Å²) in [4.78, 5) is 12.8. The SMILES string of the molecule is CCCCS(=O)(=O)N1CCC(C(=O)NCC2(c3cccc(F)c3)CCOCC2)CC1. The van der Waals surface area contributed by atoms with E-state index in [1.807, 2.05) is 13.0 Å². The predicted molar refractivity (Wildman–Crippen MR) is 114 cm³/mol. The van der Waals surface area contributed by atoms with E-state index >= 15 is 0 Å². The van der Waals surface area contributed by atoms with Gasteiger partial charge in [-0.15, -0.1) is 0 Å². The molecule has 6 nitrogen and oxygen atoms in total. The maximum absolute atomic E-state index is 13.8. The first-order valence-electron chi connectivity index (χ1n) is 11.0. The van der Waals surface area contributed by atoms with Gasteiger partial charge >= 0.3 is 0 Å². The average molecular weight is 441 g/mol. The Bertz CT molecular complexity index is 816. The summed E-state index contributed by atoms with van der Waals surface area (Å²) >= 11 is 0. The normalized spacial score (nSPS) is 20.7. The van der Waals surface area contributed by atoms with Crippen LogP contribution in [0.15, 0.2) is 24.3 Å². The molecule has 8 heteroatoms. The maximum Gasteiger partial charge on any atom is 0.223 e. The van der Waals surface area contributed by atoms with Gasteiger partial charge in [0.1, 0.15) is 5.82 Å². The summed E-state index contributed by atoms with van der Waals surface area (Å²) in [5.74, 6) is -0.324. The Labute approximate surface area is 179 Å². The number of rotatable bonds is 8. The predicted octanol–water partition coefficient (Wildman–Crippen LogP) is 2.83. The van der Waals surface area contributed by atoms with Gasteiger partial charge in [0.15, 0.2) is 0 Å². The lowest BCUT2D eigenvalue weighted by molar-refractivity contribution is -0.126. The molecule has 3 rings (SSSR count). The number of ether oxygens (including phenoxy) is 1. The van der Waals surface area contributed by atoms with Crippen LogP contribution in [0.25, 0.3) is 0 Å². The summed E-state index contributed by atoms with van der Waals surface area (Å²) in [7, 11) is -3.22. The zero-order chi connectivity index (χ0) is 21.6. The minimum Gasteiger partial charge on any atom is -0.381 e. The molecule has 1 N–H and O–H groups in total. The quantitative estimate of drug-likeness (QED) is 0.675. The van der Waals surface area contributed by atoms with E-state index in [2.05, 4.69) is 5.32 Å². The molecule has 0 unspecified atom stereocenters. The number of amides is 1. The van der Waals surface area contributed by atoms with Crippen molar-refractivity contribution in [2.24, 2.45) is 5.92 Å². The monoisotopic (exact) mass is 440 g/mol. The Morgan fingerprint density at radius 1 is 1.27 bits per heavy atom. The Balaban J connectivity index is 1.58. The highest BCUT2D eigenvalue weighted by atomic mass is 32.2. The van der Waals surface area contributed by atoms with Crippen molar-refractivity contribution in [3.63, 3.8) is 0 Å². The van der Waals surface area contributed by atoms with Crippen LogP contribution in [0, 0.1) is 11.7 Å². The number of piperidine rings is 1. The fraction of sp³-hybridized carbons (Fsp3) is 0.682. The lowest BCUT2D eigenvalue weighted by Crippen LogP contribution is -2.48. The molecule has 0 atom stereocenters. The molecule has 0 radical (unpaired) electrons. The zero-order valence-corrected chi connectivity index (χ0v) is 18.6. The molecule has 1 aromatic rings. The van der Waals surface area contributed by atoms with Crippen LogP contribution in [-0.4, -0.2) is 57.2 Å². The molecule has 0 saturated carbocycles. The van der Waals surface area contributed by atoms with Crippen LogP contribution >= 0.6 is 0 Å². The van der Waals surface area contributed by atoms with Crippen molar-refractivity contribution in [2.45, 2.75) is 50.9 Å². The summed E-state index contributed by atoms with van der Waals surface area (Å²) in [5, 5.41) is 3.08. The summed E-state index contributed by atoms with van der Waals surface area (Å²) in [6, 6.07) is 6.60. The Morgan fingerprint density at radius 2 is 1.97 bits per heavy atom. The molecule has 0 aliphatic carbocycles. The van der Waals surface area contributed by atoms with Gasteiger partial charge in [-0.05, 0) is 49.8 Å². The molecule has 2 saturated heterocycles. The molecule has 2 fully saturated rings. The fourth-order valence-electron chi connectivity index (χ4n) is 4.40. The van der Waals surface area contributed by atoms with Crippen molar-refractivity contribution < 1.29 is 22.3 Å². The first-order chi connectivity index (χ1) is 14.4. The van der Waals surface area contributed by atoms with E-state index in [1.54, 1.807) is 12.1 Å². The highest BCUT2D eigenvalue weighted by Crippen LogP contribution is 2.35. The molecule has 1 aromatic carbocycles. The second-order valence-electron chi connectivity index (χ2n) is 8.46. The number of nitrogens with zero attached hydrogens (tertiary/aromatic N) is 1. The van der Waals surface area contributed by atoms with Crippen LogP contribution < -0.4 is 5.32 Å². The number of halogens is 1. The molecule has 0 aromatic heterocycles. The van der Waals surface area contributed by atoms with Gasteiger partial charge < -0.3 is 10.1 Å². The number of unbranched alkanes of at least 4 members (excludes halogenated alkanes) is 1. The highest BCUT2D eigenvalue weighted by Gasteiger charge is 2.36. The second-order valence-corrected chi connectivity index (χ2v) is 10.6. The van der Waals surface area contributed by atoms with Gasteiger partial charge in [-0.3, -0.25) is 4.79 Å². The van der Waals surface area contributed by atoms with Crippen molar-refractivity contribution >= 4 is 15.9 Å². The molecule has 1 amide bonds. The van der Waals surface area contributed by atoms with Crippen LogP contribution in [0.5, 0.6) is 0 Å². The molecule has 30 heavy (non-hydrogen) atoms. The maximum atomic E-state index is 13.8. The van der Waals surface area contributed by atoms with Crippen molar-refractivity contribution in [3.05, 3.63) is 35.6 Å². The minimum atomic E-state index is -3.22. The lowest BCUT2D eigenvalue weighted by atomic mass is 9.74. The molecular formula is C22H33FN2O4S. The third-order valence-corrected chi connectivity index (χ3v) is 8.42. The number of carbonyl (C=O) groups excluding carboxylic acids is 1. The van der Waals surface area contributed by atoms with Crippen LogP contribution in [0.1, 0.15) is 51.0 Å². The number of benzene rings is 1. The van der Waals surface area contributed by atoms with E-state index in [0.717, 1.165) is 24.8 Å². The van der Waals surface area contributed by atoms with E-state index in [-0.39, 0.29) is 28.8 Å². The van der Waals surface area contributed by atoms with E-state index < -0.39 is 10.0 Å². The third-order valence-electron chi connectivity index (χ3n) is 6.46. The topological polar surface area (TPSA) is 75.7 Å². The van der Waals surface area contributed by atoms with E-state index in [0.29, 0.717) is 52.1 Å². The van der Waals surface area contributed by atoms with Crippen LogP contribution in [-0.2, 0) is 25.0 Å². The molecule has 0 spiro atoms. The molecular weight excluding hydrogens is 407 g/mol. The van der Waals surface area contributed by atoms with Crippen LogP contribution in [0.3, 0.4) is 0 Å². The van der Waals surface area contributed by atoms with E-state index in [4.69, 9.17) is 4.74 Å². The van der Waals surface area contributed by atoms with Gasteiger partial charge in [0.2, 0.25) is 15.9 Å². The van der Waals surface area contributed by atoms with E-state index in [1.165, 1.54) is 10.4 Å². The highest BCUT2D eigenvalue weighted by molar-refractivity contribution is 7.89. The summed E-state index contributed by atoms with van der Waals surface area (Å²) in [5.41, 5.74) is 0.558. The molecule has 168 valence electrons. The Hall–Kier alpha value is -1.51. The van der Waals surface area contributed by atoms with E-state index in [9.17, 15) is 17.6 Å². The van der Waals surface area contributed by atoms with Crippen LogP contribution in [0.4, 0.5) is 4.39 Å². The average Bonchev–Trinajstić information content (AvgIpc) is 2.77. The van der Waals surface area contributed by atoms with Gasteiger partial charge in [-0.1, -0.05) is 25.5 Å². The number of nitrogens with one attached hydrogen (secondary N) is 1. The smallest absolute Gasteiger partial charge is 0.223 e. The number of hydrogen-bond donors (Lipinski definition) is 1. The van der Waals surface area contributed by atoms with Gasteiger partial charge in [0.05, 0.1) is 5.75 Å². The van der Waals surface area contributed by atoms with Crippen molar-refractivity contribution in [2.75, 3.05) is 38.6 Å². The second kappa shape index (κ2) is 10.2. The molecule has 2 aliphatic heterocycles. The Kier molecular flexibility index (Phi) is 7.87. The van der Waals surface area contributed by atoms with Crippen molar-refractivity contribution in [1.82, 2.24) is 9.62 Å². The van der Waals surface area contributed by atoms with Gasteiger partial charge in [0.25, 0.3) is 0 Å². The lowest BCUT2D eigenvalue weighted by Gasteiger charge is -2.38. The fourth-order valence-corrected chi connectivity index (χ4v) is 6.08. The molecule has 2 aliphatic rings. The van der Waals surface area contributed by atoms with Crippen molar-refractivity contribution in [1.29, 1.82) is 0 Å². The van der Waals surface area contributed by atoms with Crippen molar-refractivity contribution in [3.8, 4) is 0 Å². The van der Waals surface area contributed by atoms with Crippen LogP contribution in [0.2, 0.25) is 0 Å². The third kappa shape index (κ3) is 5.59. The van der Waals surface area contributed by atoms with Gasteiger partial charge in [0, 0.05) is 44.2 Å². The number of sulfonamides is 1. The number of carbonyl (C=O) groups is 1. The summed E-state index contributed by atoms with van der Waals surface area (Å²) in [6.45, 7) is 4.37. The van der Waals surface area contributed by atoms with Gasteiger partial charge in [-0.2, -0.15) is 0 Å².